The van der Waals surface area contributed by atoms with Crippen molar-refractivity contribution in [2.75, 3.05) is 39.4 Å². The predicted molar refractivity (Wildman–Crippen MR) is 68.9 cm³/mol. The van der Waals surface area contributed by atoms with Crippen LogP contribution in [0, 0.1) is 0 Å². The van der Waals surface area contributed by atoms with Crippen LogP contribution in [0.15, 0.2) is 0 Å². The molecule has 1 fully saturated rings. The third-order valence-corrected chi connectivity index (χ3v) is 3.29. The molecule has 0 aromatic carbocycles. The van der Waals surface area contributed by atoms with Gasteiger partial charge in [-0.3, -0.25) is 4.90 Å². The highest BCUT2D eigenvalue weighted by molar-refractivity contribution is 4.80. The third kappa shape index (κ3) is 5.28. The summed E-state index contributed by atoms with van der Waals surface area (Å²) in [6, 6.07) is 0.745. The molecule has 0 radical (unpaired) electrons. The molecule has 0 aliphatic carbocycles. The molecule has 1 saturated heterocycles. The van der Waals surface area contributed by atoms with E-state index in [1.165, 1.54) is 32.2 Å². The monoisotopic (exact) mass is 228 g/mol. The van der Waals surface area contributed by atoms with Crippen LogP contribution in [0.5, 0.6) is 0 Å². The first-order valence-electron chi connectivity index (χ1n) is 6.91. The molecule has 0 aromatic rings. The summed E-state index contributed by atoms with van der Waals surface area (Å²) in [4.78, 5) is 2.58. The van der Waals surface area contributed by atoms with Crippen molar-refractivity contribution in [2.24, 2.45) is 0 Å². The summed E-state index contributed by atoms with van der Waals surface area (Å²) >= 11 is 0. The van der Waals surface area contributed by atoms with E-state index in [2.05, 4.69) is 24.1 Å². The Morgan fingerprint density at radius 3 is 2.94 bits per heavy atom. The Balaban J connectivity index is 2.05. The molecular formula is C13H28N2O. The quantitative estimate of drug-likeness (QED) is 0.610. The molecule has 1 N–H and O–H groups in total. The number of unbranched alkanes of at least 4 members (excludes halogenated alkanes) is 1. The van der Waals surface area contributed by atoms with E-state index in [1.807, 2.05) is 0 Å². The number of nitrogens with one attached hydrogen (secondary N) is 1. The maximum Gasteiger partial charge on any atom is 0.0593 e. The summed E-state index contributed by atoms with van der Waals surface area (Å²) in [7, 11) is 0. The lowest BCUT2D eigenvalue weighted by molar-refractivity contribution is 0.0972. The number of nitrogens with zero attached hydrogens (tertiary/aromatic N) is 1. The van der Waals surface area contributed by atoms with E-state index in [0.29, 0.717) is 0 Å². The molecule has 3 heteroatoms. The lowest BCUT2D eigenvalue weighted by atomic mass is 10.2. The van der Waals surface area contributed by atoms with Crippen molar-refractivity contribution in [2.45, 2.75) is 45.6 Å². The standard InChI is InChI=1S/C13H28N2O/c1-3-5-10-16-11-9-15-8-6-7-13(15)12-14-4-2/h13-14H,3-12H2,1-2H3. The van der Waals surface area contributed by atoms with Crippen molar-refractivity contribution in [3.8, 4) is 0 Å². The van der Waals surface area contributed by atoms with Crippen LogP contribution in [0.4, 0.5) is 0 Å². The molecule has 16 heavy (non-hydrogen) atoms. The van der Waals surface area contributed by atoms with E-state index < -0.39 is 0 Å². The van der Waals surface area contributed by atoms with Gasteiger partial charge in [0.15, 0.2) is 0 Å². The van der Waals surface area contributed by atoms with Crippen LogP contribution in [-0.2, 0) is 4.74 Å². The highest BCUT2D eigenvalue weighted by Crippen LogP contribution is 2.15. The molecule has 96 valence electrons. The summed E-state index contributed by atoms with van der Waals surface area (Å²) in [5.41, 5.74) is 0. The van der Waals surface area contributed by atoms with Gasteiger partial charge in [-0.15, -0.1) is 0 Å². The van der Waals surface area contributed by atoms with E-state index in [1.54, 1.807) is 0 Å². The zero-order valence-corrected chi connectivity index (χ0v) is 11.0. The van der Waals surface area contributed by atoms with Crippen LogP contribution >= 0.6 is 0 Å². The molecule has 1 aliphatic heterocycles. The molecular weight excluding hydrogens is 200 g/mol. The Hall–Kier alpha value is -0.120. The van der Waals surface area contributed by atoms with Gasteiger partial charge in [-0.25, -0.2) is 0 Å². The van der Waals surface area contributed by atoms with Crippen molar-refractivity contribution >= 4 is 0 Å². The summed E-state index contributed by atoms with van der Waals surface area (Å²) in [6.45, 7) is 10.8. The Labute approximate surface area is 101 Å². The van der Waals surface area contributed by atoms with Crippen molar-refractivity contribution in [3.05, 3.63) is 0 Å². The molecule has 1 rings (SSSR count). The summed E-state index contributed by atoms with van der Waals surface area (Å²) in [6.07, 6.45) is 5.13. The summed E-state index contributed by atoms with van der Waals surface area (Å²) in [5.74, 6) is 0. The SMILES string of the molecule is CCCCOCCN1CCCC1CNCC. The van der Waals surface area contributed by atoms with Gasteiger partial charge < -0.3 is 10.1 Å². The molecule has 0 saturated carbocycles. The van der Waals surface area contributed by atoms with Gasteiger partial charge >= 0.3 is 0 Å². The maximum absolute atomic E-state index is 5.63. The lowest BCUT2D eigenvalue weighted by Crippen LogP contribution is -2.39. The fourth-order valence-corrected chi connectivity index (χ4v) is 2.26. The normalized spacial score (nSPS) is 21.8. The van der Waals surface area contributed by atoms with E-state index in [0.717, 1.165) is 38.9 Å². The zero-order chi connectivity index (χ0) is 11.6. The number of likely N-dealkylation sites (N-methyl/N-ethyl adjacent to an activating group) is 1. The lowest BCUT2D eigenvalue weighted by Gasteiger charge is -2.24. The van der Waals surface area contributed by atoms with E-state index in [-0.39, 0.29) is 0 Å². The first-order chi connectivity index (χ1) is 7.88. The van der Waals surface area contributed by atoms with Gasteiger partial charge in [-0.05, 0) is 32.4 Å². The van der Waals surface area contributed by atoms with Crippen LogP contribution in [0.25, 0.3) is 0 Å². The Kier molecular flexibility index (Phi) is 7.81. The summed E-state index contributed by atoms with van der Waals surface area (Å²) < 4.78 is 5.63. The van der Waals surface area contributed by atoms with Crippen molar-refractivity contribution < 1.29 is 4.74 Å². The van der Waals surface area contributed by atoms with Gasteiger partial charge in [0.2, 0.25) is 0 Å². The van der Waals surface area contributed by atoms with Gasteiger partial charge in [0.25, 0.3) is 0 Å². The highest BCUT2D eigenvalue weighted by Gasteiger charge is 2.23. The molecule has 1 unspecified atom stereocenters. The molecule has 1 aliphatic rings. The van der Waals surface area contributed by atoms with Crippen LogP contribution in [-0.4, -0.2) is 50.3 Å². The van der Waals surface area contributed by atoms with Crippen molar-refractivity contribution in [1.82, 2.24) is 10.2 Å². The smallest absolute Gasteiger partial charge is 0.0593 e. The molecule has 0 aromatic heterocycles. The highest BCUT2D eigenvalue weighted by atomic mass is 16.5. The fraction of sp³-hybridized carbons (Fsp3) is 1.00. The predicted octanol–water partition coefficient (Wildman–Crippen LogP) is 1.88. The molecule has 1 atom stereocenters. The van der Waals surface area contributed by atoms with E-state index >= 15 is 0 Å². The van der Waals surface area contributed by atoms with Gasteiger partial charge in [0, 0.05) is 25.7 Å². The van der Waals surface area contributed by atoms with Gasteiger partial charge in [-0.1, -0.05) is 20.3 Å². The van der Waals surface area contributed by atoms with Gasteiger partial charge in [0.05, 0.1) is 6.61 Å². The fourth-order valence-electron chi connectivity index (χ4n) is 2.26. The van der Waals surface area contributed by atoms with Crippen molar-refractivity contribution in [3.63, 3.8) is 0 Å². The Morgan fingerprint density at radius 1 is 1.31 bits per heavy atom. The molecule has 0 amide bonds. The first kappa shape index (κ1) is 13.9. The minimum absolute atomic E-state index is 0.745. The second-order valence-corrected chi connectivity index (χ2v) is 4.61. The second kappa shape index (κ2) is 8.97. The summed E-state index contributed by atoms with van der Waals surface area (Å²) in [5, 5.41) is 3.45. The largest absolute Gasteiger partial charge is 0.380 e. The number of rotatable bonds is 9. The topological polar surface area (TPSA) is 24.5 Å². The first-order valence-corrected chi connectivity index (χ1v) is 6.91. The van der Waals surface area contributed by atoms with Crippen LogP contribution in [0.3, 0.4) is 0 Å². The van der Waals surface area contributed by atoms with Crippen LogP contribution in [0.2, 0.25) is 0 Å². The molecule has 3 nitrogen and oxygen atoms in total. The van der Waals surface area contributed by atoms with Crippen LogP contribution in [0.1, 0.15) is 39.5 Å². The molecule has 1 heterocycles. The second-order valence-electron chi connectivity index (χ2n) is 4.61. The number of hydrogen-bond donors (Lipinski definition) is 1. The average Bonchev–Trinajstić information content (AvgIpc) is 2.74. The van der Waals surface area contributed by atoms with E-state index in [4.69, 9.17) is 4.74 Å². The number of likely N-dealkylation sites (tertiary alicyclic amines) is 1. The molecule has 0 spiro atoms. The zero-order valence-electron chi connectivity index (χ0n) is 11.0. The van der Waals surface area contributed by atoms with Crippen LogP contribution < -0.4 is 5.32 Å². The molecule has 0 bridgehead atoms. The Morgan fingerprint density at radius 2 is 2.19 bits per heavy atom. The van der Waals surface area contributed by atoms with Gasteiger partial charge in [0.1, 0.15) is 0 Å². The minimum atomic E-state index is 0.745. The van der Waals surface area contributed by atoms with Crippen molar-refractivity contribution in [1.29, 1.82) is 0 Å². The average molecular weight is 228 g/mol. The van der Waals surface area contributed by atoms with E-state index in [9.17, 15) is 0 Å². The number of ether oxygens (including phenoxy) is 1. The Bertz CT molecular complexity index is 164. The minimum Gasteiger partial charge on any atom is -0.380 e. The maximum atomic E-state index is 5.63. The third-order valence-electron chi connectivity index (χ3n) is 3.29. The number of hydrogen-bond acceptors (Lipinski definition) is 3. The van der Waals surface area contributed by atoms with Gasteiger partial charge in [-0.2, -0.15) is 0 Å².